The van der Waals surface area contributed by atoms with Crippen molar-refractivity contribution in [2.24, 2.45) is 0 Å². The lowest BCUT2D eigenvalue weighted by Crippen LogP contribution is -2.48. The summed E-state index contributed by atoms with van der Waals surface area (Å²) in [5.74, 6) is -0.796. The van der Waals surface area contributed by atoms with Crippen LogP contribution in [0, 0.1) is 10.1 Å². The van der Waals surface area contributed by atoms with E-state index in [0.29, 0.717) is 25.1 Å². The Morgan fingerprint density at radius 2 is 2.00 bits per heavy atom. The molecule has 1 aliphatic rings. The van der Waals surface area contributed by atoms with E-state index in [9.17, 15) is 23.6 Å². The second-order valence-corrected chi connectivity index (χ2v) is 11.6. The zero-order chi connectivity index (χ0) is 25.9. The van der Waals surface area contributed by atoms with Crippen LogP contribution in [0.3, 0.4) is 0 Å². The summed E-state index contributed by atoms with van der Waals surface area (Å²) in [6, 6.07) is 14.1. The molecule has 0 amide bonds. The number of phenolic OH excluding ortho intramolecular Hbond substituents is 1. The first-order chi connectivity index (χ1) is 17.2. The zero-order valence-corrected chi connectivity index (χ0v) is 22.0. The van der Waals surface area contributed by atoms with Gasteiger partial charge in [0.1, 0.15) is 11.8 Å². The molecule has 9 nitrogen and oxygen atoms in total. The van der Waals surface area contributed by atoms with E-state index in [4.69, 9.17) is 0 Å². The number of nitro groups is 1. The molecule has 1 saturated heterocycles. The fraction of sp³-hybridized carbons (Fsp3) is 0.320. The van der Waals surface area contributed by atoms with Gasteiger partial charge < -0.3 is 5.11 Å². The van der Waals surface area contributed by atoms with Gasteiger partial charge in [0.2, 0.25) is 16.1 Å². The lowest BCUT2D eigenvalue weighted by molar-refractivity contribution is -0.540. The van der Waals surface area contributed by atoms with Gasteiger partial charge in [-0.25, -0.2) is 8.42 Å². The topological polar surface area (TPSA) is 126 Å². The minimum absolute atomic E-state index is 0.000732. The molecule has 2 N–H and O–H groups in total. The van der Waals surface area contributed by atoms with Crippen LogP contribution < -0.4 is 4.72 Å². The summed E-state index contributed by atoms with van der Waals surface area (Å²) in [6.07, 6.45) is 3.97. The van der Waals surface area contributed by atoms with Gasteiger partial charge in [0.05, 0.1) is 17.4 Å². The average molecular weight is 575 g/mol. The molecule has 2 aromatic carbocycles. The first-order valence-corrected chi connectivity index (χ1v) is 14.0. The summed E-state index contributed by atoms with van der Waals surface area (Å²) >= 11 is 3.56. The lowest BCUT2D eigenvalue weighted by atomic mass is 9.78. The maximum atomic E-state index is 12.6. The largest absolute Gasteiger partial charge is 0.506 e. The Balaban J connectivity index is 1.82. The summed E-state index contributed by atoms with van der Waals surface area (Å²) in [4.78, 5) is 18.6. The fourth-order valence-corrected chi connectivity index (χ4v) is 6.02. The van der Waals surface area contributed by atoms with Crippen molar-refractivity contribution in [2.75, 3.05) is 17.0 Å². The highest BCUT2D eigenvalue weighted by atomic mass is 79.9. The Bertz CT molecular complexity index is 1340. The minimum Gasteiger partial charge on any atom is -0.506 e. The first kappa shape index (κ1) is 26.1. The molecule has 0 saturated carbocycles. The van der Waals surface area contributed by atoms with Crippen LogP contribution >= 0.6 is 15.9 Å². The van der Waals surface area contributed by atoms with E-state index in [-0.39, 0.29) is 28.0 Å². The monoisotopic (exact) mass is 574 g/mol. The molecule has 2 heterocycles. The summed E-state index contributed by atoms with van der Waals surface area (Å²) in [5, 5.41) is 23.0. The second kappa shape index (κ2) is 10.9. The molecule has 0 spiro atoms. The standard InChI is InChI=1S/C25H27BrN4O5S/c1-2-36(34,35)28-22-14-18(9-10-23(22)31)24-25(30(32)33)20(19-7-3-4-8-21(19)26)11-13-29(24)16-17-6-5-12-27-15-17/h3-10,12,14-15,20,24-25,28,31H,2,11,13,16H2,1H3/t20-,24+,25-/m1/s1. The van der Waals surface area contributed by atoms with Crippen LogP contribution in [0.15, 0.2) is 71.5 Å². The van der Waals surface area contributed by atoms with Crippen molar-refractivity contribution in [1.82, 2.24) is 9.88 Å². The van der Waals surface area contributed by atoms with Gasteiger partial charge in [-0.3, -0.25) is 24.7 Å². The highest BCUT2D eigenvalue weighted by Crippen LogP contribution is 2.44. The van der Waals surface area contributed by atoms with E-state index in [1.165, 1.54) is 19.1 Å². The van der Waals surface area contributed by atoms with Crippen molar-refractivity contribution < 1.29 is 18.4 Å². The van der Waals surface area contributed by atoms with Gasteiger partial charge >= 0.3 is 0 Å². The average Bonchev–Trinajstić information content (AvgIpc) is 2.86. The van der Waals surface area contributed by atoms with Crippen molar-refractivity contribution in [1.29, 1.82) is 0 Å². The molecular weight excluding hydrogens is 548 g/mol. The number of piperidine rings is 1. The van der Waals surface area contributed by atoms with Crippen molar-refractivity contribution in [3.63, 3.8) is 0 Å². The van der Waals surface area contributed by atoms with Crippen LogP contribution in [0.25, 0.3) is 0 Å². The van der Waals surface area contributed by atoms with Gasteiger partial charge in [0.25, 0.3) is 0 Å². The van der Waals surface area contributed by atoms with Gasteiger partial charge in [-0.1, -0.05) is 46.3 Å². The van der Waals surface area contributed by atoms with E-state index >= 15 is 0 Å². The molecule has 1 fully saturated rings. The number of benzene rings is 2. The highest BCUT2D eigenvalue weighted by Gasteiger charge is 2.48. The Morgan fingerprint density at radius 3 is 2.67 bits per heavy atom. The molecule has 190 valence electrons. The minimum atomic E-state index is -3.67. The number of halogens is 1. The third kappa shape index (κ3) is 5.69. The molecule has 0 unspecified atom stereocenters. The molecule has 36 heavy (non-hydrogen) atoms. The number of nitrogens with zero attached hydrogens (tertiary/aromatic N) is 3. The maximum absolute atomic E-state index is 12.6. The molecule has 4 rings (SSSR count). The van der Waals surface area contributed by atoms with Crippen molar-refractivity contribution in [3.05, 3.63) is 98.3 Å². The Morgan fingerprint density at radius 1 is 1.22 bits per heavy atom. The predicted octanol–water partition coefficient (Wildman–Crippen LogP) is 4.69. The molecule has 1 aliphatic heterocycles. The zero-order valence-electron chi connectivity index (χ0n) is 19.6. The summed E-state index contributed by atoms with van der Waals surface area (Å²) in [7, 11) is -3.67. The number of nitrogens with one attached hydrogen (secondary N) is 1. The summed E-state index contributed by atoms with van der Waals surface area (Å²) in [6.45, 7) is 2.50. The van der Waals surface area contributed by atoms with Crippen molar-refractivity contribution >= 4 is 31.6 Å². The number of likely N-dealkylation sites (tertiary alicyclic amines) is 1. The molecule has 11 heteroatoms. The smallest absolute Gasteiger partial charge is 0.239 e. The van der Waals surface area contributed by atoms with Gasteiger partial charge in [-0.15, -0.1) is 0 Å². The second-order valence-electron chi connectivity index (χ2n) is 8.75. The van der Waals surface area contributed by atoms with Crippen LogP contribution in [-0.2, 0) is 16.6 Å². The molecule has 3 atom stereocenters. The van der Waals surface area contributed by atoms with Crippen molar-refractivity contribution in [3.8, 4) is 5.75 Å². The molecule has 1 aromatic heterocycles. The normalized spacial score (nSPS) is 20.7. The predicted molar refractivity (Wildman–Crippen MR) is 141 cm³/mol. The third-order valence-corrected chi connectivity index (χ3v) is 8.53. The van der Waals surface area contributed by atoms with Gasteiger partial charge in [0.15, 0.2) is 0 Å². The fourth-order valence-electron chi connectivity index (χ4n) is 4.80. The maximum Gasteiger partial charge on any atom is 0.239 e. The van der Waals surface area contributed by atoms with Gasteiger partial charge in [-0.2, -0.15) is 0 Å². The third-order valence-electron chi connectivity index (χ3n) is 6.52. The van der Waals surface area contributed by atoms with E-state index in [0.717, 1.165) is 15.6 Å². The Hall–Kier alpha value is -3.02. The molecule has 0 radical (unpaired) electrons. The van der Waals surface area contributed by atoms with Crippen molar-refractivity contribution in [2.45, 2.75) is 37.9 Å². The number of aromatic nitrogens is 1. The Kier molecular flexibility index (Phi) is 7.91. The number of rotatable bonds is 8. The van der Waals surface area contributed by atoms with Crippen LogP contribution in [0.5, 0.6) is 5.75 Å². The highest BCUT2D eigenvalue weighted by molar-refractivity contribution is 9.10. The first-order valence-electron chi connectivity index (χ1n) is 11.5. The number of pyridine rings is 1. The molecule has 0 bridgehead atoms. The van der Waals surface area contributed by atoms with Gasteiger partial charge in [-0.05, 0) is 54.3 Å². The van der Waals surface area contributed by atoms with Crippen LogP contribution in [0.1, 0.15) is 42.0 Å². The number of hydrogen-bond donors (Lipinski definition) is 2. The van der Waals surface area contributed by atoms with E-state index in [1.807, 2.05) is 41.3 Å². The SMILES string of the molecule is CCS(=O)(=O)Nc1cc([C@H]2[C@H]([N+](=O)[O-])[C@@H](c3ccccc3Br)CCN2Cc2cccnc2)ccc1O. The number of aromatic hydroxyl groups is 1. The molecule has 0 aliphatic carbocycles. The number of phenols is 1. The van der Waals surface area contributed by atoms with E-state index in [1.54, 1.807) is 18.5 Å². The van der Waals surface area contributed by atoms with Crippen LogP contribution in [-0.4, -0.2) is 46.7 Å². The lowest BCUT2D eigenvalue weighted by Gasteiger charge is -2.41. The summed E-state index contributed by atoms with van der Waals surface area (Å²) < 4.78 is 27.6. The summed E-state index contributed by atoms with van der Waals surface area (Å²) in [5.41, 5.74) is 2.32. The molecule has 3 aromatic rings. The number of anilines is 1. The van der Waals surface area contributed by atoms with E-state index < -0.39 is 22.1 Å². The Labute approximate surface area is 218 Å². The number of hydrogen-bond acceptors (Lipinski definition) is 7. The molecular formula is C25H27BrN4O5S. The van der Waals surface area contributed by atoms with Crippen LogP contribution in [0.2, 0.25) is 0 Å². The number of sulfonamides is 1. The van der Waals surface area contributed by atoms with E-state index in [2.05, 4.69) is 25.6 Å². The quantitative estimate of drug-likeness (QED) is 0.227. The van der Waals surface area contributed by atoms with Crippen LogP contribution in [0.4, 0.5) is 5.69 Å². The van der Waals surface area contributed by atoms with Gasteiger partial charge in [0, 0.05) is 34.9 Å².